The second-order valence-electron chi connectivity index (χ2n) is 13.0. The summed E-state index contributed by atoms with van der Waals surface area (Å²) in [7, 11) is 1.70. The van der Waals surface area contributed by atoms with Crippen molar-refractivity contribution in [1.29, 1.82) is 0 Å². The van der Waals surface area contributed by atoms with Crippen molar-refractivity contribution in [3.05, 3.63) is 59.2 Å². The molecule has 0 radical (unpaired) electrons. The highest BCUT2D eigenvalue weighted by molar-refractivity contribution is 5.96. The molecule has 0 unspecified atom stereocenters. The first-order chi connectivity index (χ1) is 20.3. The minimum Gasteiger partial charge on any atom is -0.493 e. The van der Waals surface area contributed by atoms with Crippen LogP contribution < -0.4 is 9.47 Å². The fourth-order valence-corrected chi connectivity index (χ4v) is 8.83. The molecule has 2 heterocycles. The van der Waals surface area contributed by atoms with Crippen LogP contribution in [0.2, 0.25) is 0 Å². The molecule has 1 saturated carbocycles. The third kappa shape index (κ3) is 4.74. The molecule has 2 aliphatic heterocycles. The van der Waals surface area contributed by atoms with Gasteiger partial charge in [0.05, 0.1) is 19.7 Å². The summed E-state index contributed by atoms with van der Waals surface area (Å²) in [6.07, 6.45) is 5.83. The quantitative estimate of drug-likeness (QED) is 0.266. The summed E-state index contributed by atoms with van der Waals surface area (Å²) in [6.45, 7) is 7.25. The summed E-state index contributed by atoms with van der Waals surface area (Å²) in [5, 5.41) is 0. The molecule has 4 aliphatic rings. The van der Waals surface area contributed by atoms with Crippen molar-refractivity contribution in [2.45, 2.75) is 102 Å². The first kappa shape index (κ1) is 28.9. The van der Waals surface area contributed by atoms with Crippen LogP contribution in [-0.4, -0.2) is 71.7 Å². The predicted octanol–water partition coefficient (Wildman–Crippen LogP) is 5.37. The van der Waals surface area contributed by atoms with Crippen LogP contribution in [0.5, 0.6) is 11.5 Å². The fraction of sp³-hybridized carbons (Fsp3) is 0.571. The van der Waals surface area contributed by atoms with Gasteiger partial charge in [-0.25, -0.2) is 0 Å². The monoisotopic (exact) mass is 572 g/mol. The van der Waals surface area contributed by atoms with Crippen LogP contribution in [0.1, 0.15) is 87.2 Å². The van der Waals surface area contributed by atoms with Crippen molar-refractivity contribution >= 4 is 17.5 Å². The number of nitrogens with zero attached hydrogens (tertiary/aromatic N) is 2. The van der Waals surface area contributed by atoms with Crippen LogP contribution in [0.25, 0.3) is 0 Å². The van der Waals surface area contributed by atoms with Crippen molar-refractivity contribution in [2.24, 2.45) is 5.92 Å². The summed E-state index contributed by atoms with van der Waals surface area (Å²) in [5.74, 6) is 2.50. The number of hydrogen-bond donors (Lipinski definition) is 0. The van der Waals surface area contributed by atoms with Crippen LogP contribution in [0, 0.1) is 5.92 Å². The van der Waals surface area contributed by atoms with Crippen LogP contribution in [0.15, 0.2) is 42.5 Å². The van der Waals surface area contributed by atoms with Gasteiger partial charge in [0.15, 0.2) is 17.3 Å². The maximum absolute atomic E-state index is 13.9. The molecule has 2 aromatic rings. The van der Waals surface area contributed by atoms with Crippen LogP contribution in [0.4, 0.5) is 0 Å². The van der Waals surface area contributed by atoms with Gasteiger partial charge in [-0.3, -0.25) is 19.3 Å². The molecule has 2 aromatic carbocycles. The summed E-state index contributed by atoms with van der Waals surface area (Å²) < 4.78 is 12.8. The maximum Gasteiger partial charge on any atom is 0.223 e. The van der Waals surface area contributed by atoms with Crippen molar-refractivity contribution in [1.82, 2.24) is 9.80 Å². The number of ether oxygens (including phenoxy) is 2. The number of unbranched alkanes of at least 4 members (excludes halogenated alkanes) is 1. The summed E-state index contributed by atoms with van der Waals surface area (Å²) in [6, 6.07) is 13.9. The van der Waals surface area contributed by atoms with E-state index < -0.39 is 0 Å². The standard InChI is InChI=1S/C35H44N2O5/c1-22(2)37(31(40)13-9-8-12-29(39)24-10-6-5-7-11-24)27-16-15-26-28-20-25-14-17-30(41-4)33-32(25)35(26,34(27)42-33)18-19-36(28)21-23(3)38/h5-7,10-11,14,17,22,26-28,34H,8-9,12-13,15-16,18-21H2,1-4H3/t26-,27-,28+,34-,35-/m0/s1. The maximum atomic E-state index is 13.9. The third-order valence-corrected chi connectivity index (χ3v) is 10.4. The van der Waals surface area contributed by atoms with E-state index in [-0.39, 0.29) is 41.1 Å². The van der Waals surface area contributed by atoms with Gasteiger partial charge >= 0.3 is 0 Å². The number of piperidine rings is 1. The molecule has 7 nitrogen and oxygen atoms in total. The van der Waals surface area contributed by atoms with Gasteiger partial charge in [-0.1, -0.05) is 36.4 Å². The second kappa shape index (κ2) is 11.5. The van der Waals surface area contributed by atoms with Crippen LogP contribution >= 0.6 is 0 Å². The Morgan fingerprint density at radius 2 is 1.83 bits per heavy atom. The number of hydrogen-bond acceptors (Lipinski definition) is 6. The van der Waals surface area contributed by atoms with Crippen LogP contribution in [-0.2, 0) is 21.4 Å². The normalized spacial score (nSPS) is 27.3. The van der Waals surface area contributed by atoms with E-state index in [1.165, 1.54) is 11.1 Å². The number of ketones is 2. The summed E-state index contributed by atoms with van der Waals surface area (Å²) in [4.78, 5) is 43.2. The zero-order valence-corrected chi connectivity index (χ0v) is 25.4. The van der Waals surface area contributed by atoms with E-state index in [1.807, 2.05) is 36.4 Å². The lowest BCUT2D eigenvalue weighted by molar-refractivity contribution is -0.146. The molecule has 0 aromatic heterocycles. The molecular formula is C35H44N2O5. The number of methoxy groups -OCH3 is 1. The second-order valence-corrected chi connectivity index (χ2v) is 13.0. The molecule has 224 valence electrons. The number of benzene rings is 2. The van der Waals surface area contributed by atoms with E-state index in [1.54, 1.807) is 14.0 Å². The summed E-state index contributed by atoms with van der Waals surface area (Å²) >= 11 is 0. The molecular weight excluding hydrogens is 528 g/mol. The first-order valence-electron chi connectivity index (χ1n) is 15.8. The van der Waals surface area contributed by atoms with E-state index in [2.05, 4.69) is 29.7 Å². The topological polar surface area (TPSA) is 76.2 Å². The van der Waals surface area contributed by atoms with Gasteiger partial charge in [0.2, 0.25) is 5.91 Å². The van der Waals surface area contributed by atoms with Gasteiger partial charge in [0, 0.05) is 41.5 Å². The number of amides is 1. The van der Waals surface area contributed by atoms with Gasteiger partial charge in [0.25, 0.3) is 0 Å². The van der Waals surface area contributed by atoms with Gasteiger partial charge in [-0.15, -0.1) is 0 Å². The molecule has 6 rings (SSSR count). The van der Waals surface area contributed by atoms with Gasteiger partial charge in [-0.2, -0.15) is 0 Å². The van der Waals surface area contributed by atoms with Gasteiger partial charge < -0.3 is 14.4 Å². The average molecular weight is 573 g/mol. The molecule has 0 N–H and O–H groups in total. The Balaban J connectivity index is 1.24. The van der Waals surface area contributed by atoms with Crippen molar-refractivity contribution in [3.63, 3.8) is 0 Å². The third-order valence-electron chi connectivity index (χ3n) is 10.4. The smallest absolute Gasteiger partial charge is 0.223 e. The minimum atomic E-state index is -0.187. The van der Waals surface area contributed by atoms with Crippen LogP contribution in [0.3, 0.4) is 0 Å². The van der Waals surface area contributed by atoms with E-state index in [4.69, 9.17) is 9.47 Å². The zero-order valence-electron chi connectivity index (χ0n) is 25.4. The first-order valence-corrected chi connectivity index (χ1v) is 15.8. The Morgan fingerprint density at radius 1 is 1.07 bits per heavy atom. The molecule has 1 saturated heterocycles. The Hall–Kier alpha value is -3.19. The highest BCUT2D eigenvalue weighted by Crippen LogP contribution is 2.64. The van der Waals surface area contributed by atoms with Gasteiger partial charge in [0.1, 0.15) is 11.9 Å². The molecule has 1 amide bonds. The molecule has 1 spiro atoms. The van der Waals surface area contributed by atoms with E-state index in [9.17, 15) is 14.4 Å². The van der Waals surface area contributed by atoms with Crippen molar-refractivity contribution < 1.29 is 23.9 Å². The predicted molar refractivity (Wildman–Crippen MR) is 161 cm³/mol. The number of likely N-dealkylation sites (tertiary alicyclic amines) is 1. The Bertz CT molecular complexity index is 1360. The SMILES string of the molecule is COc1ccc2c3c1O[C@H]1[C@@H](N(C(=O)CCCCC(=O)c4ccccc4)C(C)C)CC[C@H]4[C@@H](C2)N(CC(C)=O)CC[C@@]341. The highest BCUT2D eigenvalue weighted by Gasteiger charge is 2.66. The number of Topliss-reactive ketones (excluding diaryl/α,β-unsaturated/α-hetero) is 2. The number of carbonyl (C=O) groups excluding carboxylic acids is 3. The molecule has 42 heavy (non-hydrogen) atoms. The summed E-state index contributed by atoms with van der Waals surface area (Å²) in [5.41, 5.74) is 3.15. The van der Waals surface area contributed by atoms with E-state index >= 15 is 0 Å². The minimum absolute atomic E-state index is 0.0345. The number of rotatable bonds is 11. The Labute approximate surface area is 249 Å². The highest BCUT2D eigenvalue weighted by atomic mass is 16.5. The molecule has 2 bridgehead atoms. The average Bonchev–Trinajstić information content (AvgIpc) is 3.32. The van der Waals surface area contributed by atoms with Crippen molar-refractivity contribution in [2.75, 3.05) is 20.2 Å². The lowest BCUT2D eigenvalue weighted by Gasteiger charge is -2.60. The zero-order chi connectivity index (χ0) is 29.6. The molecule has 2 aliphatic carbocycles. The molecule has 2 fully saturated rings. The largest absolute Gasteiger partial charge is 0.493 e. The van der Waals surface area contributed by atoms with Gasteiger partial charge in [-0.05, 0) is 83.4 Å². The lowest BCUT2D eigenvalue weighted by atomic mass is 9.51. The fourth-order valence-electron chi connectivity index (χ4n) is 8.83. The van der Waals surface area contributed by atoms with Crippen molar-refractivity contribution in [3.8, 4) is 11.5 Å². The van der Waals surface area contributed by atoms with E-state index in [0.29, 0.717) is 44.2 Å². The Kier molecular flexibility index (Phi) is 7.90. The molecule has 7 heteroatoms. The number of carbonyl (C=O) groups is 3. The van der Waals surface area contributed by atoms with E-state index in [0.717, 1.165) is 49.3 Å². The Morgan fingerprint density at radius 3 is 2.55 bits per heavy atom. The lowest BCUT2D eigenvalue weighted by Crippen LogP contribution is -2.70. The molecule has 5 atom stereocenters.